The summed E-state index contributed by atoms with van der Waals surface area (Å²) in [5.74, 6) is -0.135. The molecule has 0 saturated carbocycles. The Kier molecular flexibility index (Phi) is 8.70. The lowest BCUT2D eigenvalue weighted by Crippen LogP contribution is -2.50. The molecule has 7 nitrogen and oxygen atoms in total. The highest BCUT2D eigenvalue weighted by atomic mass is 32.2. The van der Waals surface area contributed by atoms with Crippen molar-refractivity contribution in [2.24, 2.45) is 7.05 Å². The number of carbonyl (C=O) groups excluding carboxylic acids is 1. The van der Waals surface area contributed by atoms with Crippen molar-refractivity contribution < 1.29 is 4.79 Å². The Balaban J connectivity index is 1.88. The van der Waals surface area contributed by atoms with Gasteiger partial charge in [0.1, 0.15) is 5.56 Å². The molecule has 0 aliphatic carbocycles. The van der Waals surface area contributed by atoms with Crippen LogP contribution in [0.4, 0.5) is 5.69 Å². The number of rotatable bonds is 7. The summed E-state index contributed by atoms with van der Waals surface area (Å²) in [6.07, 6.45) is 6.04. The molecule has 1 aromatic rings. The molecule has 0 radical (unpaired) electrons. The van der Waals surface area contributed by atoms with Gasteiger partial charge in [-0.3, -0.25) is 9.59 Å². The number of likely N-dealkylation sites (N-methyl/N-ethyl adjacent to an activating group) is 1. The maximum absolute atomic E-state index is 13.5. The zero-order valence-corrected chi connectivity index (χ0v) is 21.7. The van der Waals surface area contributed by atoms with E-state index in [1.165, 1.54) is 4.91 Å². The second kappa shape index (κ2) is 11.3. The Morgan fingerprint density at radius 1 is 1.03 bits per heavy atom. The Morgan fingerprint density at radius 2 is 1.64 bits per heavy atom. The van der Waals surface area contributed by atoms with Gasteiger partial charge in [0.05, 0.1) is 5.69 Å². The predicted molar refractivity (Wildman–Crippen MR) is 139 cm³/mol. The van der Waals surface area contributed by atoms with Gasteiger partial charge in [-0.2, -0.15) is 0 Å². The topological polar surface area (TPSA) is 52.0 Å². The van der Waals surface area contributed by atoms with Crippen LogP contribution in [0, 0.1) is 0 Å². The molecule has 0 atom stereocenters. The van der Waals surface area contributed by atoms with Crippen LogP contribution >= 0.6 is 11.8 Å². The molecule has 1 amide bonds. The number of pyridine rings is 1. The molecule has 2 aliphatic rings. The van der Waals surface area contributed by atoms with Crippen LogP contribution in [-0.4, -0.2) is 90.8 Å². The highest BCUT2D eigenvalue weighted by Gasteiger charge is 2.30. The van der Waals surface area contributed by atoms with E-state index in [1.807, 2.05) is 11.8 Å². The summed E-state index contributed by atoms with van der Waals surface area (Å²) in [6.45, 7) is 14.6. The lowest BCUT2D eigenvalue weighted by Gasteiger charge is -2.40. The minimum absolute atomic E-state index is 0.135. The maximum Gasteiger partial charge on any atom is 0.265 e. The summed E-state index contributed by atoms with van der Waals surface area (Å²) in [5, 5.41) is 0. The minimum Gasteiger partial charge on any atom is -0.368 e. The summed E-state index contributed by atoms with van der Waals surface area (Å²) < 4.78 is 1.64. The second-order valence-electron chi connectivity index (χ2n) is 8.81. The van der Waals surface area contributed by atoms with Gasteiger partial charge in [-0.1, -0.05) is 26.5 Å². The molecule has 2 aliphatic heterocycles. The highest BCUT2D eigenvalue weighted by molar-refractivity contribution is 8.02. The number of nitrogens with zero attached hydrogens (tertiary/aromatic N) is 5. The van der Waals surface area contributed by atoms with E-state index in [-0.39, 0.29) is 11.5 Å². The van der Waals surface area contributed by atoms with E-state index in [9.17, 15) is 9.59 Å². The Morgan fingerprint density at radius 3 is 2.18 bits per heavy atom. The first-order valence-corrected chi connectivity index (χ1v) is 13.2. The standard InChI is InChI=1S/C25H39N5O2S/c1-7-9-22(33-6)19(3)28-14-16-29(17-15-28)21-18-20(8-2)27(5)24(31)23(21)25(32)30-12-10-26(4)11-13-30/h9,18H,3,7-8,10-17H2,1-2,4-6H3/b22-9-. The molecule has 0 spiro atoms. The smallest absolute Gasteiger partial charge is 0.265 e. The van der Waals surface area contributed by atoms with Crippen LogP contribution in [0.2, 0.25) is 0 Å². The number of hydrogen-bond donors (Lipinski definition) is 0. The van der Waals surface area contributed by atoms with Gasteiger partial charge < -0.3 is 24.2 Å². The van der Waals surface area contributed by atoms with Crippen LogP contribution in [0.25, 0.3) is 0 Å². The summed E-state index contributed by atoms with van der Waals surface area (Å²) in [4.78, 5) is 36.7. The fourth-order valence-electron chi connectivity index (χ4n) is 4.57. The molecule has 3 rings (SSSR count). The molecule has 0 N–H and O–H groups in total. The molecule has 33 heavy (non-hydrogen) atoms. The third-order valence-corrected chi connectivity index (χ3v) is 7.61. The molecule has 2 saturated heterocycles. The van der Waals surface area contributed by atoms with Crippen LogP contribution < -0.4 is 10.5 Å². The first-order chi connectivity index (χ1) is 15.8. The Bertz CT molecular complexity index is 954. The molecule has 8 heteroatoms. The van der Waals surface area contributed by atoms with Crippen molar-refractivity contribution in [2.45, 2.75) is 26.7 Å². The van der Waals surface area contributed by atoms with Gasteiger partial charge >= 0.3 is 0 Å². The van der Waals surface area contributed by atoms with E-state index in [1.54, 1.807) is 23.4 Å². The molecule has 0 aromatic carbocycles. The van der Waals surface area contributed by atoms with E-state index < -0.39 is 0 Å². The monoisotopic (exact) mass is 473 g/mol. The summed E-state index contributed by atoms with van der Waals surface area (Å²) >= 11 is 1.73. The SMILES string of the molecule is C=C(/C(=C/CC)SC)N1CCN(c2cc(CC)n(C)c(=O)c2C(=O)N2CCN(C)CC2)CC1. The summed E-state index contributed by atoms with van der Waals surface area (Å²) in [6, 6.07) is 2.06. The van der Waals surface area contributed by atoms with Crippen molar-refractivity contribution in [2.75, 3.05) is 70.6 Å². The van der Waals surface area contributed by atoms with E-state index in [4.69, 9.17) is 0 Å². The summed E-state index contributed by atoms with van der Waals surface area (Å²) in [7, 11) is 3.84. The van der Waals surface area contributed by atoms with Crippen LogP contribution in [0.5, 0.6) is 0 Å². The zero-order valence-electron chi connectivity index (χ0n) is 20.9. The highest BCUT2D eigenvalue weighted by Crippen LogP contribution is 2.28. The Labute approximate surface area is 202 Å². The van der Waals surface area contributed by atoms with Crippen molar-refractivity contribution >= 4 is 23.4 Å². The zero-order chi connectivity index (χ0) is 24.1. The molecule has 2 fully saturated rings. The van der Waals surface area contributed by atoms with E-state index in [0.717, 1.165) is 69.2 Å². The number of aromatic nitrogens is 1. The number of piperazine rings is 2. The maximum atomic E-state index is 13.5. The van der Waals surface area contributed by atoms with Gasteiger partial charge in [0, 0.05) is 75.7 Å². The van der Waals surface area contributed by atoms with Crippen LogP contribution in [0.1, 0.15) is 36.3 Å². The van der Waals surface area contributed by atoms with Crippen molar-refractivity contribution in [1.82, 2.24) is 19.3 Å². The normalized spacial score (nSPS) is 18.1. The molecular formula is C25H39N5O2S. The van der Waals surface area contributed by atoms with Gasteiger partial charge in [0.15, 0.2) is 0 Å². The fraction of sp³-hybridized carbons (Fsp3) is 0.600. The minimum atomic E-state index is -0.185. The quantitative estimate of drug-likeness (QED) is 0.568. The molecule has 0 bridgehead atoms. The first kappa shape index (κ1) is 25.4. The molecule has 0 unspecified atom stereocenters. The third kappa shape index (κ3) is 5.49. The first-order valence-electron chi connectivity index (χ1n) is 12.0. The molecular weight excluding hydrogens is 434 g/mol. The van der Waals surface area contributed by atoms with E-state index in [2.05, 4.69) is 53.6 Å². The second-order valence-corrected chi connectivity index (χ2v) is 9.66. The van der Waals surface area contributed by atoms with Gasteiger partial charge in [0.25, 0.3) is 11.5 Å². The van der Waals surface area contributed by atoms with Crippen LogP contribution in [0.3, 0.4) is 0 Å². The van der Waals surface area contributed by atoms with Crippen LogP contribution in [0.15, 0.2) is 34.1 Å². The van der Waals surface area contributed by atoms with Crippen molar-refractivity contribution in [1.29, 1.82) is 0 Å². The lowest BCUT2D eigenvalue weighted by molar-refractivity contribution is 0.0662. The average molecular weight is 474 g/mol. The number of aryl methyl sites for hydroxylation is 1. The lowest BCUT2D eigenvalue weighted by atomic mass is 10.1. The van der Waals surface area contributed by atoms with Gasteiger partial charge in [0.2, 0.25) is 0 Å². The van der Waals surface area contributed by atoms with Gasteiger partial charge in [-0.25, -0.2) is 0 Å². The molecule has 3 heterocycles. The van der Waals surface area contributed by atoms with E-state index in [0.29, 0.717) is 18.7 Å². The number of amides is 1. The van der Waals surface area contributed by atoms with Crippen LogP contribution in [-0.2, 0) is 13.5 Å². The third-order valence-electron chi connectivity index (χ3n) is 6.77. The number of hydrogen-bond acceptors (Lipinski definition) is 6. The number of thioether (sulfide) groups is 1. The van der Waals surface area contributed by atoms with E-state index >= 15 is 0 Å². The number of anilines is 1. The fourth-order valence-corrected chi connectivity index (χ4v) is 5.27. The molecule has 1 aromatic heterocycles. The molecule has 182 valence electrons. The number of carbonyl (C=O) groups is 1. The van der Waals surface area contributed by atoms with Crippen molar-refractivity contribution in [3.63, 3.8) is 0 Å². The average Bonchev–Trinajstić information content (AvgIpc) is 2.83. The van der Waals surface area contributed by atoms with Crippen molar-refractivity contribution in [3.8, 4) is 0 Å². The van der Waals surface area contributed by atoms with Gasteiger partial charge in [-0.15, -0.1) is 11.8 Å². The predicted octanol–water partition coefficient (Wildman–Crippen LogP) is 2.63. The number of allylic oxidation sites excluding steroid dienone is 1. The van der Waals surface area contributed by atoms with Crippen molar-refractivity contribution in [3.05, 3.63) is 50.9 Å². The van der Waals surface area contributed by atoms with Gasteiger partial charge in [-0.05, 0) is 32.2 Å². The summed E-state index contributed by atoms with van der Waals surface area (Å²) in [5.41, 5.74) is 2.94. The Hall–Kier alpha value is -2.19. The largest absolute Gasteiger partial charge is 0.368 e.